The first-order valence-corrected chi connectivity index (χ1v) is 9.14. The van der Waals surface area contributed by atoms with E-state index in [4.69, 9.17) is 0 Å². The maximum Gasteiger partial charge on any atom is 0.259 e. The van der Waals surface area contributed by atoms with E-state index in [1.54, 1.807) is 0 Å². The fourth-order valence-electron chi connectivity index (χ4n) is 4.21. The van der Waals surface area contributed by atoms with Gasteiger partial charge < -0.3 is 10.1 Å². The van der Waals surface area contributed by atoms with Gasteiger partial charge >= 0.3 is 0 Å². The molecule has 2 aromatic rings. The van der Waals surface area contributed by atoms with Crippen LogP contribution in [-0.2, 0) is 12.8 Å². The van der Waals surface area contributed by atoms with Crippen LogP contribution in [-0.4, -0.2) is 10.1 Å². The predicted octanol–water partition coefficient (Wildman–Crippen LogP) is 4.51. The number of hydrogen-bond donors (Lipinski definition) is 2. The van der Waals surface area contributed by atoms with Crippen molar-refractivity contribution in [2.45, 2.75) is 64.7 Å². The Balaban J connectivity index is 1.91. The minimum atomic E-state index is -0.154. The van der Waals surface area contributed by atoms with E-state index in [2.05, 4.69) is 31.0 Å². The highest BCUT2D eigenvalue weighted by atomic mass is 16.3. The van der Waals surface area contributed by atoms with Gasteiger partial charge in [0.2, 0.25) is 0 Å². The lowest BCUT2D eigenvalue weighted by Gasteiger charge is -2.17. The SMILES string of the molecule is Cc1cc(C2CC2)cc(C)c1-c1c(O)c2c([nH]c1=O)CCCCC2. The van der Waals surface area contributed by atoms with E-state index >= 15 is 0 Å². The highest BCUT2D eigenvalue weighted by molar-refractivity contribution is 5.77. The minimum Gasteiger partial charge on any atom is -0.507 e. The van der Waals surface area contributed by atoms with Gasteiger partial charge in [-0.3, -0.25) is 4.79 Å². The number of fused-ring (bicyclic) bond motifs is 1. The molecule has 126 valence electrons. The molecule has 2 N–H and O–H groups in total. The van der Waals surface area contributed by atoms with Crippen LogP contribution in [0.15, 0.2) is 16.9 Å². The molecule has 0 bridgehead atoms. The average molecular weight is 323 g/mol. The molecule has 0 unspecified atom stereocenters. The lowest BCUT2D eigenvalue weighted by molar-refractivity contribution is 0.467. The Labute approximate surface area is 142 Å². The molecule has 4 rings (SSSR count). The number of aromatic hydroxyl groups is 1. The smallest absolute Gasteiger partial charge is 0.259 e. The summed E-state index contributed by atoms with van der Waals surface area (Å²) in [7, 11) is 0. The molecule has 2 aliphatic carbocycles. The van der Waals surface area contributed by atoms with Crippen molar-refractivity contribution in [2.24, 2.45) is 0 Å². The van der Waals surface area contributed by atoms with Crippen molar-refractivity contribution >= 4 is 0 Å². The van der Waals surface area contributed by atoms with E-state index in [0.717, 1.165) is 60.1 Å². The third-order valence-corrected chi connectivity index (χ3v) is 5.59. The van der Waals surface area contributed by atoms with Crippen LogP contribution in [0.2, 0.25) is 0 Å². The first kappa shape index (κ1) is 15.5. The van der Waals surface area contributed by atoms with E-state index in [1.165, 1.54) is 18.4 Å². The zero-order valence-corrected chi connectivity index (χ0v) is 14.5. The molecular weight excluding hydrogens is 298 g/mol. The van der Waals surface area contributed by atoms with Crippen LogP contribution >= 0.6 is 0 Å². The fourth-order valence-corrected chi connectivity index (χ4v) is 4.21. The molecule has 1 heterocycles. The van der Waals surface area contributed by atoms with Crippen molar-refractivity contribution < 1.29 is 5.11 Å². The van der Waals surface area contributed by atoms with Crippen LogP contribution in [0.25, 0.3) is 11.1 Å². The highest BCUT2D eigenvalue weighted by Gasteiger charge is 2.26. The molecule has 3 nitrogen and oxygen atoms in total. The Bertz CT molecular complexity index is 836. The van der Waals surface area contributed by atoms with Gasteiger partial charge in [0.05, 0.1) is 5.56 Å². The molecule has 0 aliphatic heterocycles. The van der Waals surface area contributed by atoms with E-state index < -0.39 is 0 Å². The van der Waals surface area contributed by atoms with Crippen LogP contribution in [0.4, 0.5) is 0 Å². The van der Waals surface area contributed by atoms with Crippen LogP contribution in [0.3, 0.4) is 0 Å². The number of H-pyrrole nitrogens is 1. The van der Waals surface area contributed by atoms with Gasteiger partial charge in [-0.05, 0) is 80.5 Å². The summed E-state index contributed by atoms with van der Waals surface area (Å²) < 4.78 is 0. The molecule has 3 heteroatoms. The highest BCUT2D eigenvalue weighted by Crippen LogP contribution is 2.43. The first-order valence-electron chi connectivity index (χ1n) is 9.14. The summed E-state index contributed by atoms with van der Waals surface area (Å²) in [6, 6.07) is 4.40. The monoisotopic (exact) mass is 323 g/mol. The van der Waals surface area contributed by atoms with Gasteiger partial charge in [0.25, 0.3) is 5.56 Å². The van der Waals surface area contributed by atoms with Gasteiger partial charge in [-0.15, -0.1) is 0 Å². The molecule has 0 atom stereocenters. The van der Waals surface area contributed by atoms with E-state index in [0.29, 0.717) is 11.5 Å². The number of aryl methyl sites for hydroxylation is 3. The molecular formula is C21H25NO2. The molecule has 0 radical (unpaired) electrons. The van der Waals surface area contributed by atoms with Crippen molar-refractivity contribution in [1.29, 1.82) is 0 Å². The summed E-state index contributed by atoms with van der Waals surface area (Å²) in [6.07, 6.45) is 7.55. The van der Waals surface area contributed by atoms with E-state index in [-0.39, 0.29) is 11.3 Å². The second-order valence-electron chi connectivity index (χ2n) is 7.50. The van der Waals surface area contributed by atoms with Gasteiger partial charge in [-0.25, -0.2) is 0 Å². The number of hydrogen-bond acceptors (Lipinski definition) is 2. The Kier molecular flexibility index (Phi) is 3.75. The molecule has 1 saturated carbocycles. The Morgan fingerprint density at radius 1 is 1.00 bits per heavy atom. The summed E-state index contributed by atoms with van der Waals surface area (Å²) in [6.45, 7) is 4.11. The minimum absolute atomic E-state index is 0.154. The van der Waals surface area contributed by atoms with E-state index in [9.17, 15) is 9.90 Å². The summed E-state index contributed by atoms with van der Waals surface area (Å²) in [4.78, 5) is 15.8. The average Bonchev–Trinajstić information content (AvgIpc) is 3.36. The molecule has 0 spiro atoms. The van der Waals surface area contributed by atoms with Crippen molar-refractivity contribution in [3.05, 3.63) is 50.4 Å². The van der Waals surface area contributed by atoms with Gasteiger partial charge in [-0.1, -0.05) is 18.6 Å². The van der Waals surface area contributed by atoms with Crippen molar-refractivity contribution in [2.75, 3.05) is 0 Å². The molecule has 24 heavy (non-hydrogen) atoms. The summed E-state index contributed by atoms with van der Waals surface area (Å²) in [5, 5.41) is 10.9. The summed E-state index contributed by atoms with van der Waals surface area (Å²) >= 11 is 0. The van der Waals surface area contributed by atoms with E-state index in [1.807, 2.05) is 0 Å². The molecule has 0 saturated heterocycles. The molecule has 1 fully saturated rings. The number of benzene rings is 1. The zero-order valence-electron chi connectivity index (χ0n) is 14.5. The number of pyridine rings is 1. The fraction of sp³-hybridized carbons (Fsp3) is 0.476. The van der Waals surface area contributed by atoms with Crippen molar-refractivity contribution in [3.63, 3.8) is 0 Å². The second-order valence-corrected chi connectivity index (χ2v) is 7.50. The lowest BCUT2D eigenvalue weighted by atomic mass is 9.90. The van der Waals surface area contributed by atoms with Crippen LogP contribution in [0.5, 0.6) is 5.75 Å². The molecule has 1 aromatic heterocycles. The Morgan fingerprint density at radius 2 is 1.67 bits per heavy atom. The van der Waals surface area contributed by atoms with Gasteiger partial charge in [0.1, 0.15) is 5.75 Å². The number of aromatic amines is 1. The quantitative estimate of drug-likeness (QED) is 0.799. The van der Waals surface area contributed by atoms with Crippen molar-refractivity contribution in [3.8, 4) is 16.9 Å². The molecule has 1 aromatic carbocycles. The van der Waals surface area contributed by atoms with Crippen molar-refractivity contribution in [1.82, 2.24) is 4.98 Å². The maximum atomic E-state index is 12.7. The number of aromatic nitrogens is 1. The van der Waals surface area contributed by atoms with Crippen LogP contribution < -0.4 is 5.56 Å². The maximum absolute atomic E-state index is 12.7. The van der Waals surface area contributed by atoms with Gasteiger partial charge in [-0.2, -0.15) is 0 Å². The summed E-state index contributed by atoms with van der Waals surface area (Å²) in [5.74, 6) is 0.899. The Morgan fingerprint density at radius 3 is 2.33 bits per heavy atom. The normalized spacial score (nSPS) is 17.4. The first-order chi connectivity index (χ1) is 11.6. The van der Waals surface area contributed by atoms with Gasteiger partial charge in [0, 0.05) is 11.3 Å². The predicted molar refractivity (Wildman–Crippen MR) is 96.9 cm³/mol. The van der Waals surface area contributed by atoms with Crippen LogP contribution in [0, 0.1) is 13.8 Å². The largest absolute Gasteiger partial charge is 0.507 e. The summed E-state index contributed by atoms with van der Waals surface area (Å²) in [5.41, 5.74) is 6.66. The third-order valence-electron chi connectivity index (χ3n) is 5.59. The zero-order chi connectivity index (χ0) is 16.8. The number of nitrogens with one attached hydrogen (secondary N) is 1. The topological polar surface area (TPSA) is 53.1 Å². The standard InChI is InChI=1S/C21H25NO2/c1-12-10-15(14-8-9-14)11-13(2)18(12)19-20(23)16-6-4-3-5-7-17(16)22-21(19)24/h10-11,14H,3-9H2,1-2H3,(H2,22,23,24). The van der Waals surface area contributed by atoms with Crippen LogP contribution in [0.1, 0.15) is 66.0 Å². The second kappa shape index (κ2) is 5.80. The number of rotatable bonds is 2. The Hall–Kier alpha value is -2.03. The molecule has 2 aliphatic rings. The molecule has 0 amide bonds. The third kappa shape index (κ3) is 2.56. The lowest BCUT2D eigenvalue weighted by Crippen LogP contribution is -2.15. The van der Waals surface area contributed by atoms with Gasteiger partial charge in [0.15, 0.2) is 0 Å².